The molecule has 0 fully saturated rings. The van der Waals surface area contributed by atoms with E-state index in [0.29, 0.717) is 0 Å². The highest BCUT2D eigenvalue weighted by Gasteiger charge is 2.36. The minimum atomic E-state index is -2.24. The largest absolute Gasteiger partial charge is 0.500 e. The van der Waals surface area contributed by atoms with Crippen LogP contribution in [0.3, 0.4) is 0 Å². The van der Waals surface area contributed by atoms with E-state index in [1.807, 2.05) is 0 Å². The maximum absolute atomic E-state index is 5.23. The average molecular weight is 178 g/mol. The Balaban J connectivity index is 3.84. The third-order valence-electron chi connectivity index (χ3n) is 1.77. The van der Waals surface area contributed by atoms with Crippen molar-refractivity contribution >= 4 is 8.80 Å². The summed E-state index contributed by atoms with van der Waals surface area (Å²) >= 11 is 0. The van der Waals surface area contributed by atoms with Gasteiger partial charge in [-0.1, -0.05) is 13.3 Å². The second-order valence-corrected chi connectivity index (χ2v) is 5.49. The SMILES string of the molecule is CCCC[Si](OC)(OC)OC. The van der Waals surface area contributed by atoms with Crippen LogP contribution in [0.2, 0.25) is 6.04 Å². The van der Waals surface area contributed by atoms with Gasteiger partial charge in [0.15, 0.2) is 0 Å². The monoisotopic (exact) mass is 178 g/mol. The van der Waals surface area contributed by atoms with Crippen molar-refractivity contribution in [3.63, 3.8) is 0 Å². The fourth-order valence-electron chi connectivity index (χ4n) is 0.949. The molecular weight excluding hydrogens is 160 g/mol. The van der Waals surface area contributed by atoms with E-state index in [4.69, 9.17) is 13.3 Å². The van der Waals surface area contributed by atoms with Crippen molar-refractivity contribution in [2.75, 3.05) is 21.3 Å². The second kappa shape index (κ2) is 5.71. The average Bonchev–Trinajstić information content (AvgIpc) is 2.08. The number of rotatable bonds is 6. The molecule has 0 aliphatic rings. The lowest BCUT2D eigenvalue weighted by Gasteiger charge is -2.23. The summed E-state index contributed by atoms with van der Waals surface area (Å²) in [5, 5.41) is 0. The topological polar surface area (TPSA) is 27.7 Å². The van der Waals surface area contributed by atoms with Gasteiger partial charge in [0.25, 0.3) is 0 Å². The van der Waals surface area contributed by atoms with E-state index >= 15 is 0 Å². The Morgan fingerprint density at radius 3 is 1.73 bits per heavy atom. The lowest BCUT2D eigenvalue weighted by molar-refractivity contribution is 0.123. The summed E-state index contributed by atoms with van der Waals surface area (Å²) in [6.07, 6.45) is 2.24. The molecule has 0 amide bonds. The lowest BCUT2D eigenvalue weighted by Crippen LogP contribution is -2.42. The van der Waals surface area contributed by atoms with Gasteiger partial charge in [-0.05, 0) is 6.42 Å². The molecule has 0 aliphatic carbocycles. The van der Waals surface area contributed by atoms with Gasteiger partial charge in [0.1, 0.15) is 0 Å². The highest BCUT2D eigenvalue weighted by atomic mass is 28.4. The Morgan fingerprint density at radius 2 is 1.45 bits per heavy atom. The Bertz CT molecular complexity index is 85.4. The molecule has 0 atom stereocenters. The highest BCUT2D eigenvalue weighted by Crippen LogP contribution is 2.15. The molecule has 0 radical (unpaired) electrons. The van der Waals surface area contributed by atoms with Crippen molar-refractivity contribution in [2.45, 2.75) is 25.8 Å². The number of hydrogen-bond donors (Lipinski definition) is 0. The second-order valence-electron chi connectivity index (χ2n) is 2.40. The first-order valence-corrected chi connectivity index (χ1v) is 5.83. The summed E-state index contributed by atoms with van der Waals surface area (Å²) < 4.78 is 15.7. The van der Waals surface area contributed by atoms with Crippen LogP contribution in [0.4, 0.5) is 0 Å². The molecule has 3 nitrogen and oxygen atoms in total. The maximum Gasteiger partial charge on any atom is 0.500 e. The van der Waals surface area contributed by atoms with Crippen molar-refractivity contribution in [1.82, 2.24) is 0 Å². The standard InChI is InChI=1S/C7H18O3Si/c1-5-6-7-11(8-2,9-3)10-4/h5-7H2,1-4H3. The molecule has 0 aromatic heterocycles. The molecule has 0 aliphatic heterocycles. The smallest absolute Gasteiger partial charge is 0.377 e. The predicted molar refractivity (Wildman–Crippen MR) is 46.5 cm³/mol. The molecular formula is C7H18O3Si. The van der Waals surface area contributed by atoms with Gasteiger partial charge in [-0.2, -0.15) is 0 Å². The molecule has 0 heterocycles. The van der Waals surface area contributed by atoms with E-state index in [2.05, 4.69) is 6.92 Å². The predicted octanol–water partition coefficient (Wildman–Crippen LogP) is 1.66. The molecule has 0 rings (SSSR count). The third-order valence-corrected chi connectivity index (χ3v) is 4.60. The van der Waals surface area contributed by atoms with Gasteiger partial charge in [-0.15, -0.1) is 0 Å². The fraction of sp³-hybridized carbons (Fsp3) is 1.00. The number of unbranched alkanes of at least 4 members (excludes halogenated alkanes) is 1. The van der Waals surface area contributed by atoms with Crippen LogP contribution in [0.15, 0.2) is 0 Å². The quantitative estimate of drug-likeness (QED) is 0.579. The Hall–Kier alpha value is 0.0969. The fourth-order valence-corrected chi connectivity index (χ4v) is 2.85. The minimum Gasteiger partial charge on any atom is -0.377 e. The minimum absolute atomic E-state index is 0.910. The van der Waals surface area contributed by atoms with E-state index < -0.39 is 8.80 Å². The summed E-state index contributed by atoms with van der Waals surface area (Å²) in [6.45, 7) is 2.14. The van der Waals surface area contributed by atoms with E-state index in [1.54, 1.807) is 21.3 Å². The number of hydrogen-bond acceptors (Lipinski definition) is 3. The zero-order valence-corrected chi connectivity index (χ0v) is 8.85. The van der Waals surface area contributed by atoms with Crippen LogP contribution >= 0.6 is 0 Å². The molecule has 4 heteroatoms. The first-order chi connectivity index (χ1) is 5.24. The van der Waals surface area contributed by atoms with Crippen molar-refractivity contribution < 1.29 is 13.3 Å². The van der Waals surface area contributed by atoms with E-state index in [1.165, 1.54) is 0 Å². The normalized spacial score (nSPS) is 12.0. The first kappa shape index (κ1) is 11.1. The Labute approximate surface area is 70.0 Å². The molecule has 0 N–H and O–H groups in total. The summed E-state index contributed by atoms with van der Waals surface area (Å²) in [6, 6.07) is 0.910. The Kier molecular flexibility index (Phi) is 5.76. The highest BCUT2D eigenvalue weighted by molar-refractivity contribution is 6.60. The van der Waals surface area contributed by atoms with E-state index in [-0.39, 0.29) is 0 Å². The van der Waals surface area contributed by atoms with Crippen LogP contribution in [0.5, 0.6) is 0 Å². The third kappa shape index (κ3) is 3.33. The molecule has 0 saturated heterocycles. The lowest BCUT2D eigenvalue weighted by atomic mass is 10.4. The Morgan fingerprint density at radius 1 is 1.00 bits per heavy atom. The van der Waals surface area contributed by atoms with Gasteiger partial charge in [0, 0.05) is 27.4 Å². The molecule has 11 heavy (non-hydrogen) atoms. The molecule has 0 aromatic rings. The van der Waals surface area contributed by atoms with Gasteiger partial charge in [0.05, 0.1) is 0 Å². The van der Waals surface area contributed by atoms with Crippen LogP contribution in [0.25, 0.3) is 0 Å². The summed E-state index contributed by atoms with van der Waals surface area (Å²) in [7, 11) is 2.70. The maximum atomic E-state index is 5.23. The van der Waals surface area contributed by atoms with Crippen LogP contribution in [-0.2, 0) is 13.3 Å². The van der Waals surface area contributed by atoms with E-state index in [0.717, 1.165) is 18.9 Å². The zero-order chi connectivity index (χ0) is 8.74. The van der Waals surface area contributed by atoms with Crippen molar-refractivity contribution in [1.29, 1.82) is 0 Å². The summed E-state index contributed by atoms with van der Waals surface area (Å²) in [5.41, 5.74) is 0. The molecule has 0 spiro atoms. The summed E-state index contributed by atoms with van der Waals surface area (Å²) in [4.78, 5) is 0. The van der Waals surface area contributed by atoms with Gasteiger partial charge in [0.2, 0.25) is 0 Å². The molecule has 0 aromatic carbocycles. The van der Waals surface area contributed by atoms with Gasteiger partial charge >= 0.3 is 8.80 Å². The first-order valence-electron chi connectivity index (χ1n) is 3.90. The van der Waals surface area contributed by atoms with E-state index in [9.17, 15) is 0 Å². The van der Waals surface area contributed by atoms with Crippen LogP contribution in [0.1, 0.15) is 19.8 Å². The zero-order valence-electron chi connectivity index (χ0n) is 7.85. The van der Waals surface area contributed by atoms with Crippen molar-refractivity contribution in [3.05, 3.63) is 0 Å². The van der Waals surface area contributed by atoms with Crippen LogP contribution < -0.4 is 0 Å². The van der Waals surface area contributed by atoms with Gasteiger partial charge < -0.3 is 13.3 Å². The molecule has 0 unspecified atom stereocenters. The van der Waals surface area contributed by atoms with Gasteiger partial charge in [-0.3, -0.25) is 0 Å². The molecule has 0 bridgehead atoms. The van der Waals surface area contributed by atoms with Crippen molar-refractivity contribution in [2.24, 2.45) is 0 Å². The molecule has 68 valence electrons. The van der Waals surface area contributed by atoms with Gasteiger partial charge in [-0.25, -0.2) is 0 Å². The molecule has 0 saturated carbocycles. The van der Waals surface area contributed by atoms with Crippen LogP contribution in [0, 0.1) is 0 Å². The van der Waals surface area contributed by atoms with Crippen molar-refractivity contribution in [3.8, 4) is 0 Å². The van der Waals surface area contributed by atoms with Crippen LogP contribution in [-0.4, -0.2) is 30.1 Å². The summed E-state index contributed by atoms with van der Waals surface area (Å²) in [5.74, 6) is 0.